The topological polar surface area (TPSA) is 149 Å². The van der Waals surface area contributed by atoms with Crippen LogP contribution in [0, 0.1) is 0 Å². The summed E-state index contributed by atoms with van der Waals surface area (Å²) in [4.78, 5) is 0. The molecule has 0 radical (unpaired) electrons. The summed E-state index contributed by atoms with van der Waals surface area (Å²) in [5.74, 6) is 1.62. The van der Waals surface area contributed by atoms with Gasteiger partial charge in [-0.2, -0.15) is 0 Å². The molecule has 0 aliphatic heterocycles. The molecule has 2 aromatic rings. The van der Waals surface area contributed by atoms with Crippen LogP contribution in [-0.2, 0) is 44.3 Å². The second-order valence-electron chi connectivity index (χ2n) is 20.8. The highest BCUT2D eigenvalue weighted by molar-refractivity contribution is 7.79. The van der Waals surface area contributed by atoms with Gasteiger partial charge in [-0.05, 0) is 132 Å². The normalized spacial score (nSPS) is 15.0. The quantitative estimate of drug-likeness (QED) is 0.0378. The van der Waals surface area contributed by atoms with Crippen LogP contribution < -0.4 is 0 Å². The molecule has 400 valence electrons. The highest BCUT2D eigenvalue weighted by atomic mass is 32.2. The van der Waals surface area contributed by atoms with Gasteiger partial charge in [0.25, 0.3) is 0 Å². The van der Waals surface area contributed by atoms with Crippen molar-refractivity contribution in [3.8, 4) is 0 Å². The van der Waals surface area contributed by atoms with Crippen LogP contribution in [0.15, 0.2) is 24.3 Å². The zero-order valence-corrected chi connectivity index (χ0v) is 46.7. The second-order valence-corrected chi connectivity index (χ2v) is 25.0. The van der Waals surface area contributed by atoms with Crippen LogP contribution in [0.25, 0.3) is 33.1 Å². The second kappa shape index (κ2) is 38.2. The summed E-state index contributed by atoms with van der Waals surface area (Å²) >= 11 is -6.64. The van der Waals surface area contributed by atoms with E-state index in [-0.39, 0.29) is 0 Å². The molecule has 0 heterocycles. The lowest BCUT2D eigenvalue weighted by molar-refractivity contribution is 0.548. The first-order chi connectivity index (χ1) is 34.2. The summed E-state index contributed by atoms with van der Waals surface area (Å²) in [5, 5.41) is 3.08. The Hall–Kier alpha value is -1.38. The van der Waals surface area contributed by atoms with Crippen LogP contribution in [0.3, 0.4) is 0 Å². The van der Waals surface area contributed by atoms with Gasteiger partial charge in [0, 0.05) is 23.0 Å². The first kappa shape index (κ1) is 61.2. The van der Waals surface area contributed by atoms with Crippen molar-refractivity contribution in [2.75, 3.05) is 23.0 Å². The van der Waals surface area contributed by atoms with Gasteiger partial charge < -0.3 is 18.2 Å². The number of unbranched alkanes of at least 4 members (excludes halogenated alkanes) is 32. The highest BCUT2D eigenvalue weighted by Gasteiger charge is 2.31. The maximum Gasteiger partial charge on any atom is 0.152 e. The van der Waals surface area contributed by atoms with E-state index in [1.54, 1.807) is 22.3 Å². The molecule has 0 bridgehead atoms. The number of hydrogen-bond acceptors (Lipinski definition) is 4. The van der Waals surface area contributed by atoms with Crippen LogP contribution in [0.5, 0.6) is 0 Å². The fraction of sp³-hybridized carbons (Fsp3) is 0.759. The summed E-state index contributed by atoms with van der Waals surface area (Å²) in [7, 11) is 0. The third kappa shape index (κ3) is 24.3. The zero-order chi connectivity index (χ0) is 50.0. The fourth-order valence-corrected chi connectivity index (χ4v) is 13.2. The third-order valence-corrected chi connectivity index (χ3v) is 17.7. The van der Waals surface area contributed by atoms with Gasteiger partial charge >= 0.3 is 0 Å². The predicted molar refractivity (Wildman–Crippen MR) is 305 cm³/mol. The Morgan fingerprint density at radius 2 is 0.371 bits per heavy atom. The van der Waals surface area contributed by atoms with Crippen molar-refractivity contribution in [2.24, 2.45) is 0 Å². The standard InChI is InChI=1S/C58H96O8S4/c59-67(60)45-33-25-17-9-1-5-13-21-29-37-49-50(38-30-22-14-6-2-10-18-26-34-46-68(61)62)54-43-44-56-52(40-32-24-16-8-4-12-20-28-36-48-70(65)66)51(55-42-41-53(49)57(54)58(55)56)39-31-23-15-7-3-11-19-27-35-47-69(63)64/h41-44H,1-40,45-48H2,(H,59,60)(H,61,62)(H,63,64)(H,65,66). The maximum atomic E-state index is 11.0. The van der Waals surface area contributed by atoms with Crippen LogP contribution in [0.1, 0.15) is 279 Å². The minimum Gasteiger partial charge on any atom is -0.306 e. The zero-order valence-electron chi connectivity index (χ0n) is 43.5. The molecule has 0 aromatic heterocycles. The van der Waals surface area contributed by atoms with Crippen LogP contribution in [0.4, 0.5) is 0 Å². The van der Waals surface area contributed by atoms with E-state index in [1.807, 2.05) is 0 Å². The monoisotopic (exact) mass is 1050 g/mol. The van der Waals surface area contributed by atoms with Gasteiger partial charge in [-0.25, -0.2) is 16.8 Å². The van der Waals surface area contributed by atoms with Gasteiger partial charge in [0.05, 0.1) is 0 Å². The molecule has 8 nitrogen and oxygen atoms in total. The average molecular weight is 1050 g/mol. The molecule has 4 atom stereocenters. The lowest BCUT2D eigenvalue weighted by Gasteiger charge is -2.12. The highest BCUT2D eigenvalue weighted by Crippen LogP contribution is 2.54. The predicted octanol–water partition coefficient (Wildman–Crippen LogP) is 17.8. The Bertz CT molecular complexity index is 1680. The summed E-state index contributed by atoms with van der Waals surface area (Å²) < 4.78 is 80.0. The van der Waals surface area contributed by atoms with E-state index in [4.69, 9.17) is 18.2 Å². The van der Waals surface area contributed by atoms with E-state index < -0.39 is 44.3 Å². The Balaban J connectivity index is 1.40. The van der Waals surface area contributed by atoms with Crippen molar-refractivity contribution >= 4 is 77.4 Å². The molecule has 4 N–H and O–H groups in total. The summed E-state index contributed by atoms with van der Waals surface area (Å²) in [6, 6.07) is 10.1. The summed E-state index contributed by atoms with van der Waals surface area (Å²) in [6.45, 7) is 0. The lowest BCUT2D eigenvalue weighted by Crippen LogP contribution is -1.94. The van der Waals surface area contributed by atoms with Crippen molar-refractivity contribution in [1.82, 2.24) is 0 Å². The molecule has 70 heavy (non-hydrogen) atoms. The molecule has 2 aliphatic carbocycles. The van der Waals surface area contributed by atoms with Gasteiger partial charge in [0.15, 0.2) is 44.3 Å². The molecular formula is C58H96O8S4. The summed E-state index contributed by atoms with van der Waals surface area (Å²) in [5.41, 5.74) is 12.5. The molecule has 2 aromatic carbocycles. The third-order valence-electron chi connectivity index (χ3n) is 15.2. The fourth-order valence-electron chi connectivity index (χ4n) is 11.4. The number of rotatable bonds is 48. The first-order valence-electron chi connectivity index (χ1n) is 28.5. The van der Waals surface area contributed by atoms with E-state index in [1.165, 1.54) is 187 Å². The van der Waals surface area contributed by atoms with E-state index in [0.29, 0.717) is 23.0 Å². The van der Waals surface area contributed by atoms with Gasteiger partial charge in [-0.1, -0.05) is 204 Å². The van der Waals surface area contributed by atoms with Crippen molar-refractivity contribution in [3.63, 3.8) is 0 Å². The largest absolute Gasteiger partial charge is 0.306 e. The molecule has 0 saturated heterocycles. The molecule has 4 rings (SSSR count). The minimum atomic E-state index is -1.66. The first-order valence-corrected chi connectivity index (χ1v) is 33.6. The average Bonchev–Trinajstić information content (AvgIpc) is 3.80. The van der Waals surface area contributed by atoms with E-state index in [2.05, 4.69) is 24.3 Å². The van der Waals surface area contributed by atoms with Gasteiger partial charge in [-0.15, -0.1) is 0 Å². The number of benzene rings is 2. The smallest absolute Gasteiger partial charge is 0.152 e. The molecule has 0 amide bonds. The Morgan fingerprint density at radius 3 is 0.529 bits per heavy atom. The van der Waals surface area contributed by atoms with Crippen molar-refractivity contribution in [2.45, 2.75) is 257 Å². The molecule has 2 aliphatic rings. The molecule has 12 heteroatoms. The van der Waals surface area contributed by atoms with E-state index in [0.717, 1.165) is 103 Å². The molecule has 0 saturated carbocycles. The van der Waals surface area contributed by atoms with Gasteiger partial charge in [-0.3, -0.25) is 0 Å². The maximum absolute atomic E-state index is 11.0. The lowest BCUT2D eigenvalue weighted by atomic mass is 9.92. The molecule has 0 spiro atoms. The van der Waals surface area contributed by atoms with Crippen molar-refractivity contribution in [3.05, 3.63) is 46.5 Å². The molecular weight excluding hydrogens is 953 g/mol. The Kier molecular flexibility index (Phi) is 33.4. The number of hydrogen-bond donors (Lipinski definition) is 4. The Labute approximate surface area is 436 Å². The summed E-state index contributed by atoms with van der Waals surface area (Å²) in [6.07, 6.45) is 46.9. The van der Waals surface area contributed by atoms with E-state index in [9.17, 15) is 16.8 Å². The number of allylic oxidation sites excluding steroid dienone is 4. The van der Waals surface area contributed by atoms with Crippen molar-refractivity contribution < 1.29 is 35.0 Å². The minimum absolute atomic E-state index is 0.405. The molecule has 0 fully saturated rings. The Morgan fingerprint density at radius 1 is 0.229 bits per heavy atom. The molecule has 4 unspecified atom stereocenters. The van der Waals surface area contributed by atoms with Crippen LogP contribution in [-0.4, -0.2) is 58.1 Å². The van der Waals surface area contributed by atoms with E-state index >= 15 is 0 Å². The SMILES string of the molecule is O=S(O)CCCCCCCCCCCC1=C(CCCCCCCCCCCS(=O)O)c2ccc3c4c(ccc1c24)C(CCCCCCCCCCCS(=O)O)=C3CCCCCCCCCCCS(=O)O. The van der Waals surface area contributed by atoms with Crippen LogP contribution >= 0.6 is 0 Å². The van der Waals surface area contributed by atoms with Gasteiger partial charge in [0.1, 0.15) is 0 Å². The van der Waals surface area contributed by atoms with Crippen molar-refractivity contribution in [1.29, 1.82) is 0 Å². The van der Waals surface area contributed by atoms with Gasteiger partial charge in [0.2, 0.25) is 0 Å². The van der Waals surface area contributed by atoms with Crippen LogP contribution in [0.2, 0.25) is 0 Å².